The molecule has 6 heteroatoms. The molecule has 0 heterocycles. The summed E-state index contributed by atoms with van der Waals surface area (Å²) in [5.41, 5.74) is -0.0867. The van der Waals surface area contributed by atoms with Crippen molar-refractivity contribution in [3.63, 3.8) is 0 Å². The number of halogens is 4. The molecule has 0 saturated heterocycles. The number of phenolic OH excluding ortho intramolecular Hbond substituents is 1. The molecule has 0 aromatic heterocycles. The summed E-state index contributed by atoms with van der Waals surface area (Å²) in [6.07, 6.45) is 0. The van der Waals surface area contributed by atoms with Gasteiger partial charge in [0.15, 0.2) is 11.6 Å². The molecule has 0 fully saturated rings. The van der Waals surface area contributed by atoms with E-state index in [9.17, 15) is 18.3 Å². The molecule has 19 heavy (non-hydrogen) atoms. The Labute approximate surface area is 112 Å². The monoisotopic (exact) mass is 287 g/mol. The van der Waals surface area contributed by atoms with E-state index in [-0.39, 0.29) is 12.3 Å². The van der Waals surface area contributed by atoms with Crippen molar-refractivity contribution in [1.29, 1.82) is 0 Å². The SMILES string of the molecule is Oc1ccc(Cl)cc1CNc1c(F)cc(F)cc1F. The molecule has 0 atom stereocenters. The van der Waals surface area contributed by atoms with E-state index in [1.165, 1.54) is 18.2 Å². The van der Waals surface area contributed by atoms with E-state index in [0.717, 1.165) is 0 Å². The standard InChI is InChI=1S/C13H9ClF3NO/c14-8-1-2-12(19)7(3-8)6-18-13-10(16)4-9(15)5-11(13)17/h1-5,18-19H,6H2. The fourth-order valence-electron chi connectivity index (χ4n) is 1.59. The molecule has 100 valence electrons. The highest BCUT2D eigenvalue weighted by atomic mass is 35.5. The topological polar surface area (TPSA) is 32.3 Å². The van der Waals surface area contributed by atoms with E-state index < -0.39 is 23.1 Å². The van der Waals surface area contributed by atoms with Crippen molar-refractivity contribution in [1.82, 2.24) is 0 Å². The highest BCUT2D eigenvalue weighted by Crippen LogP contribution is 2.25. The van der Waals surface area contributed by atoms with E-state index in [0.29, 0.717) is 22.7 Å². The number of anilines is 1. The normalized spacial score (nSPS) is 10.5. The third kappa shape index (κ3) is 3.12. The van der Waals surface area contributed by atoms with Crippen LogP contribution in [0.2, 0.25) is 5.02 Å². The van der Waals surface area contributed by atoms with Gasteiger partial charge in [-0.05, 0) is 18.2 Å². The molecule has 2 nitrogen and oxygen atoms in total. The second-order valence-electron chi connectivity index (χ2n) is 3.87. The first-order valence-corrected chi connectivity index (χ1v) is 5.71. The molecule has 0 saturated carbocycles. The molecule has 2 rings (SSSR count). The van der Waals surface area contributed by atoms with Gasteiger partial charge in [0.2, 0.25) is 0 Å². The number of aromatic hydroxyl groups is 1. The van der Waals surface area contributed by atoms with Gasteiger partial charge >= 0.3 is 0 Å². The molecule has 0 spiro atoms. The molecule has 0 radical (unpaired) electrons. The van der Waals surface area contributed by atoms with Gasteiger partial charge in [0.05, 0.1) is 0 Å². The van der Waals surface area contributed by atoms with Gasteiger partial charge in [0.1, 0.15) is 17.3 Å². The lowest BCUT2D eigenvalue weighted by Gasteiger charge is -2.10. The summed E-state index contributed by atoms with van der Waals surface area (Å²) in [4.78, 5) is 0. The number of phenols is 1. The largest absolute Gasteiger partial charge is 0.508 e. The van der Waals surface area contributed by atoms with Crippen LogP contribution in [0.25, 0.3) is 0 Å². The smallest absolute Gasteiger partial charge is 0.152 e. The predicted molar refractivity (Wildman–Crippen MR) is 66.8 cm³/mol. The lowest BCUT2D eigenvalue weighted by molar-refractivity contribution is 0.469. The second kappa shape index (κ2) is 5.40. The van der Waals surface area contributed by atoms with Crippen molar-refractivity contribution in [2.24, 2.45) is 0 Å². The summed E-state index contributed by atoms with van der Waals surface area (Å²) in [5.74, 6) is -3.14. The summed E-state index contributed by atoms with van der Waals surface area (Å²) < 4.78 is 39.4. The molecule has 2 aromatic rings. The first-order valence-electron chi connectivity index (χ1n) is 5.33. The summed E-state index contributed by atoms with van der Waals surface area (Å²) in [7, 11) is 0. The Balaban J connectivity index is 2.21. The summed E-state index contributed by atoms with van der Waals surface area (Å²) in [6.45, 7) is -0.0497. The first kappa shape index (κ1) is 13.5. The van der Waals surface area contributed by atoms with Crippen LogP contribution >= 0.6 is 11.6 Å². The Morgan fingerprint density at radius 2 is 1.68 bits per heavy atom. The minimum atomic E-state index is -1.04. The van der Waals surface area contributed by atoms with Crippen LogP contribution in [0, 0.1) is 17.5 Å². The average Bonchev–Trinajstić information content (AvgIpc) is 2.32. The van der Waals surface area contributed by atoms with Gasteiger partial charge in [-0.15, -0.1) is 0 Å². The Kier molecular flexibility index (Phi) is 3.85. The fraction of sp³-hybridized carbons (Fsp3) is 0.0769. The number of nitrogens with one attached hydrogen (secondary N) is 1. The molecule has 2 aromatic carbocycles. The molecule has 0 unspecified atom stereocenters. The highest BCUT2D eigenvalue weighted by Gasteiger charge is 2.12. The Hall–Kier alpha value is -1.88. The van der Waals surface area contributed by atoms with Crippen molar-refractivity contribution in [3.8, 4) is 5.75 Å². The molecule has 0 amide bonds. The second-order valence-corrected chi connectivity index (χ2v) is 4.31. The van der Waals surface area contributed by atoms with Crippen LogP contribution in [-0.2, 0) is 6.54 Å². The Bertz CT molecular complexity index is 596. The highest BCUT2D eigenvalue weighted by molar-refractivity contribution is 6.30. The Morgan fingerprint density at radius 3 is 2.32 bits per heavy atom. The molecule has 0 aliphatic heterocycles. The van der Waals surface area contributed by atoms with Gasteiger partial charge in [-0.1, -0.05) is 11.6 Å². The van der Waals surface area contributed by atoms with Crippen molar-refractivity contribution in [2.75, 3.05) is 5.32 Å². The zero-order valence-corrected chi connectivity index (χ0v) is 10.3. The van der Waals surface area contributed by atoms with Gasteiger partial charge in [0, 0.05) is 29.3 Å². The van der Waals surface area contributed by atoms with E-state index in [1.54, 1.807) is 0 Å². The summed E-state index contributed by atoms with van der Waals surface area (Å²) in [5, 5.41) is 12.4. The van der Waals surface area contributed by atoms with E-state index >= 15 is 0 Å². The molecule has 0 aliphatic carbocycles. The molecule has 0 aliphatic rings. The van der Waals surface area contributed by atoms with Crippen LogP contribution in [0.15, 0.2) is 30.3 Å². The lowest BCUT2D eigenvalue weighted by Crippen LogP contribution is -2.04. The molecular weight excluding hydrogens is 279 g/mol. The number of hydrogen-bond donors (Lipinski definition) is 2. The molecule has 0 bridgehead atoms. The maximum Gasteiger partial charge on any atom is 0.152 e. The zero-order valence-electron chi connectivity index (χ0n) is 9.55. The van der Waals surface area contributed by atoms with Crippen molar-refractivity contribution < 1.29 is 18.3 Å². The first-order chi connectivity index (χ1) is 8.97. The average molecular weight is 288 g/mol. The van der Waals surface area contributed by atoms with Crippen molar-refractivity contribution in [2.45, 2.75) is 6.54 Å². The van der Waals surface area contributed by atoms with Gasteiger partial charge < -0.3 is 10.4 Å². The van der Waals surface area contributed by atoms with Crippen LogP contribution in [0.4, 0.5) is 18.9 Å². The van der Waals surface area contributed by atoms with E-state index in [2.05, 4.69) is 5.32 Å². The van der Waals surface area contributed by atoms with Crippen LogP contribution in [-0.4, -0.2) is 5.11 Å². The van der Waals surface area contributed by atoms with Crippen LogP contribution in [0.5, 0.6) is 5.75 Å². The number of rotatable bonds is 3. The quantitative estimate of drug-likeness (QED) is 0.892. The lowest BCUT2D eigenvalue weighted by atomic mass is 10.2. The van der Waals surface area contributed by atoms with Gasteiger partial charge in [-0.2, -0.15) is 0 Å². The minimum absolute atomic E-state index is 0.0497. The number of benzene rings is 2. The van der Waals surface area contributed by atoms with Gasteiger partial charge in [-0.25, -0.2) is 13.2 Å². The van der Waals surface area contributed by atoms with E-state index in [1.807, 2.05) is 0 Å². The van der Waals surface area contributed by atoms with Gasteiger partial charge in [-0.3, -0.25) is 0 Å². The predicted octanol–water partition coefficient (Wildman–Crippen LogP) is 4.08. The van der Waals surface area contributed by atoms with Crippen molar-refractivity contribution in [3.05, 3.63) is 58.4 Å². The number of hydrogen-bond acceptors (Lipinski definition) is 2. The van der Waals surface area contributed by atoms with Crippen LogP contribution < -0.4 is 5.32 Å². The zero-order chi connectivity index (χ0) is 14.0. The maximum absolute atomic E-state index is 13.4. The van der Waals surface area contributed by atoms with Gasteiger partial charge in [0.25, 0.3) is 0 Å². The third-order valence-corrected chi connectivity index (χ3v) is 2.74. The third-order valence-electron chi connectivity index (χ3n) is 2.50. The maximum atomic E-state index is 13.4. The molecular formula is C13H9ClF3NO. The minimum Gasteiger partial charge on any atom is -0.508 e. The fourth-order valence-corrected chi connectivity index (χ4v) is 1.79. The van der Waals surface area contributed by atoms with E-state index in [4.69, 9.17) is 11.6 Å². The summed E-state index contributed by atoms with van der Waals surface area (Å²) >= 11 is 5.75. The Morgan fingerprint density at radius 1 is 1.05 bits per heavy atom. The van der Waals surface area contributed by atoms with Crippen LogP contribution in [0.1, 0.15) is 5.56 Å². The molecule has 2 N–H and O–H groups in total. The van der Waals surface area contributed by atoms with Crippen molar-refractivity contribution >= 4 is 17.3 Å². The van der Waals surface area contributed by atoms with Crippen LogP contribution in [0.3, 0.4) is 0 Å². The summed E-state index contributed by atoms with van der Waals surface area (Å²) in [6, 6.07) is 5.46.